The fourth-order valence-corrected chi connectivity index (χ4v) is 6.37. The summed E-state index contributed by atoms with van der Waals surface area (Å²) < 4.78 is 30.3. The fourth-order valence-electron chi connectivity index (χ4n) is 3.97. The highest BCUT2D eigenvalue weighted by Gasteiger charge is 2.62. The molecule has 3 heterocycles. The van der Waals surface area contributed by atoms with Crippen LogP contribution in [-0.2, 0) is 14.6 Å². The Bertz CT molecular complexity index is 782. The van der Waals surface area contributed by atoms with Crippen molar-refractivity contribution < 1.29 is 17.9 Å². The standard InChI is InChI=1S/C18H24N2O4S/c1-13-6-15(8-19-7-13)17(21)20-11-18(12-20)16(4-5-25(18,22)23)10-24-9-14-2-3-14/h6-8,14,16H,2-5,9-12H2,1H3/t16-/m1/s1. The van der Waals surface area contributed by atoms with Crippen molar-refractivity contribution in [3.8, 4) is 0 Å². The Morgan fingerprint density at radius 1 is 1.28 bits per heavy atom. The van der Waals surface area contributed by atoms with Crippen molar-refractivity contribution in [3.05, 3.63) is 29.6 Å². The number of aryl methyl sites for hydroxylation is 1. The van der Waals surface area contributed by atoms with E-state index in [2.05, 4.69) is 4.98 Å². The topological polar surface area (TPSA) is 76.6 Å². The Labute approximate surface area is 148 Å². The molecule has 0 bridgehead atoms. The molecule has 1 aliphatic carbocycles. The second-order valence-corrected chi connectivity index (χ2v) is 10.2. The Morgan fingerprint density at radius 3 is 2.72 bits per heavy atom. The molecule has 136 valence electrons. The summed E-state index contributed by atoms with van der Waals surface area (Å²) in [5.41, 5.74) is 1.44. The van der Waals surface area contributed by atoms with Gasteiger partial charge in [0.15, 0.2) is 9.84 Å². The number of aromatic nitrogens is 1. The zero-order valence-corrected chi connectivity index (χ0v) is 15.3. The average molecular weight is 364 g/mol. The molecule has 0 aromatic carbocycles. The molecule has 7 heteroatoms. The highest BCUT2D eigenvalue weighted by atomic mass is 32.2. The normalized spacial score (nSPS) is 26.6. The Balaban J connectivity index is 1.44. The zero-order chi connectivity index (χ0) is 17.7. The summed E-state index contributed by atoms with van der Waals surface area (Å²) in [6.45, 7) is 3.67. The van der Waals surface area contributed by atoms with E-state index in [1.165, 1.54) is 12.8 Å². The summed E-state index contributed by atoms with van der Waals surface area (Å²) in [6.07, 6.45) is 6.33. The lowest BCUT2D eigenvalue weighted by molar-refractivity contribution is 0.0228. The highest BCUT2D eigenvalue weighted by molar-refractivity contribution is 7.93. The summed E-state index contributed by atoms with van der Waals surface area (Å²) in [7, 11) is -3.18. The van der Waals surface area contributed by atoms with Crippen LogP contribution in [0.5, 0.6) is 0 Å². The van der Waals surface area contributed by atoms with Crippen molar-refractivity contribution in [2.24, 2.45) is 11.8 Å². The summed E-state index contributed by atoms with van der Waals surface area (Å²) in [6, 6.07) is 1.79. The summed E-state index contributed by atoms with van der Waals surface area (Å²) in [5, 5.41) is 0. The van der Waals surface area contributed by atoms with Gasteiger partial charge in [-0.2, -0.15) is 0 Å². The minimum absolute atomic E-state index is 0.00376. The SMILES string of the molecule is Cc1cncc(C(=O)N2CC3(C2)[C@@H](COCC2CC2)CCS3(=O)=O)c1. The van der Waals surface area contributed by atoms with Gasteiger partial charge in [0.25, 0.3) is 5.91 Å². The third-order valence-electron chi connectivity index (χ3n) is 5.79. The number of sulfone groups is 1. The molecule has 0 unspecified atom stereocenters. The van der Waals surface area contributed by atoms with Crippen molar-refractivity contribution in [3.63, 3.8) is 0 Å². The predicted molar refractivity (Wildman–Crippen MR) is 93.0 cm³/mol. The largest absolute Gasteiger partial charge is 0.381 e. The second-order valence-electron chi connectivity index (χ2n) is 7.76. The lowest BCUT2D eigenvalue weighted by Gasteiger charge is -2.49. The Kier molecular flexibility index (Phi) is 4.11. The minimum atomic E-state index is -3.18. The quantitative estimate of drug-likeness (QED) is 0.790. The molecule has 4 rings (SSSR count). The molecule has 0 radical (unpaired) electrons. The number of nitrogens with zero attached hydrogens (tertiary/aromatic N) is 2. The van der Waals surface area contributed by atoms with E-state index in [0.717, 1.165) is 12.2 Å². The van der Waals surface area contributed by atoms with Gasteiger partial charge in [0.1, 0.15) is 4.75 Å². The molecule has 1 aromatic rings. The van der Waals surface area contributed by atoms with Gasteiger partial charge in [-0.1, -0.05) is 0 Å². The molecule has 1 amide bonds. The van der Waals surface area contributed by atoms with Crippen LogP contribution in [0.4, 0.5) is 0 Å². The van der Waals surface area contributed by atoms with Crippen LogP contribution in [0.1, 0.15) is 35.2 Å². The highest BCUT2D eigenvalue weighted by Crippen LogP contribution is 2.45. The maximum atomic E-state index is 12.6. The Hall–Kier alpha value is -1.47. The van der Waals surface area contributed by atoms with E-state index in [4.69, 9.17) is 4.74 Å². The number of hydrogen-bond donors (Lipinski definition) is 0. The van der Waals surface area contributed by atoms with Gasteiger partial charge >= 0.3 is 0 Å². The smallest absolute Gasteiger partial charge is 0.255 e. The van der Waals surface area contributed by atoms with Crippen LogP contribution < -0.4 is 0 Å². The number of pyridine rings is 1. The van der Waals surface area contributed by atoms with Crippen molar-refractivity contribution in [2.75, 3.05) is 32.1 Å². The molecule has 25 heavy (non-hydrogen) atoms. The average Bonchev–Trinajstić information content (AvgIpc) is 3.30. The number of carbonyl (C=O) groups is 1. The Morgan fingerprint density at radius 2 is 2.04 bits per heavy atom. The molecular weight excluding hydrogens is 340 g/mol. The molecule has 1 atom stereocenters. The van der Waals surface area contributed by atoms with Crippen LogP contribution in [0.2, 0.25) is 0 Å². The first-order valence-corrected chi connectivity index (χ1v) is 10.6. The van der Waals surface area contributed by atoms with Crippen molar-refractivity contribution in [1.29, 1.82) is 0 Å². The lowest BCUT2D eigenvalue weighted by atomic mass is 9.83. The summed E-state index contributed by atoms with van der Waals surface area (Å²) >= 11 is 0. The molecule has 1 spiro atoms. The third kappa shape index (κ3) is 2.97. The third-order valence-corrected chi connectivity index (χ3v) is 8.40. The van der Waals surface area contributed by atoms with Crippen LogP contribution in [-0.4, -0.2) is 61.0 Å². The van der Waals surface area contributed by atoms with Crippen LogP contribution >= 0.6 is 0 Å². The van der Waals surface area contributed by atoms with E-state index >= 15 is 0 Å². The first kappa shape index (κ1) is 17.0. The first-order chi connectivity index (χ1) is 11.9. The van der Waals surface area contributed by atoms with Gasteiger partial charge in [-0.3, -0.25) is 9.78 Å². The van der Waals surface area contributed by atoms with Crippen LogP contribution in [0.25, 0.3) is 0 Å². The van der Waals surface area contributed by atoms with Gasteiger partial charge < -0.3 is 9.64 Å². The number of hydrogen-bond acceptors (Lipinski definition) is 5. The molecule has 1 saturated carbocycles. The van der Waals surface area contributed by atoms with E-state index in [1.54, 1.807) is 23.4 Å². The molecule has 3 aliphatic rings. The molecule has 6 nitrogen and oxygen atoms in total. The first-order valence-electron chi connectivity index (χ1n) is 8.92. The van der Waals surface area contributed by atoms with Crippen molar-refractivity contribution in [1.82, 2.24) is 9.88 Å². The molecule has 3 fully saturated rings. The molecular formula is C18H24N2O4S. The second kappa shape index (κ2) is 6.06. The molecule has 0 N–H and O–H groups in total. The maximum Gasteiger partial charge on any atom is 0.255 e. The van der Waals surface area contributed by atoms with Gasteiger partial charge in [0, 0.05) is 38.0 Å². The van der Waals surface area contributed by atoms with Crippen LogP contribution in [0.15, 0.2) is 18.5 Å². The van der Waals surface area contributed by atoms with Crippen LogP contribution in [0.3, 0.4) is 0 Å². The van der Waals surface area contributed by atoms with E-state index < -0.39 is 14.6 Å². The van der Waals surface area contributed by atoms with Gasteiger partial charge in [0.2, 0.25) is 0 Å². The number of rotatable bonds is 5. The van der Waals surface area contributed by atoms with E-state index in [1.807, 2.05) is 6.92 Å². The summed E-state index contributed by atoms with van der Waals surface area (Å²) in [5.74, 6) is 0.734. The van der Waals surface area contributed by atoms with Gasteiger partial charge in [-0.25, -0.2) is 8.42 Å². The van der Waals surface area contributed by atoms with Gasteiger partial charge in [-0.15, -0.1) is 0 Å². The predicted octanol–water partition coefficient (Wildman–Crippen LogP) is 1.45. The van der Waals surface area contributed by atoms with E-state index in [0.29, 0.717) is 24.5 Å². The zero-order valence-electron chi connectivity index (χ0n) is 14.5. The number of amides is 1. The molecule has 2 saturated heterocycles. The van der Waals surface area contributed by atoms with E-state index in [9.17, 15) is 13.2 Å². The maximum absolute atomic E-state index is 12.6. The number of likely N-dealkylation sites (tertiary alicyclic amines) is 1. The summed E-state index contributed by atoms with van der Waals surface area (Å²) in [4.78, 5) is 18.3. The van der Waals surface area contributed by atoms with Gasteiger partial charge in [-0.05, 0) is 43.7 Å². The fraction of sp³-hybridized carbons (Fsp3) is 0.667. The molecule has 1 aromatic heterocycles. The van der Waals surface area contributed by atoms with Gasteiger partial charge in [0.05, 0.1) is 17.9 Å². The number of carbonyl (C=O) groups excluding carboxylic acids is 1. The van der Waals surface area contributed by atoms with E-state index in [-0.39, 0.29) is 30.7 Å². The monoisotopic (exact) mass is 364 g/mol. The van der Waals surface area contributed by atoms with Crippen LogP contribution in [0, 0.1) is 18.8 Å². The number of ether oxygens (including phenoxy) is 1. The lowest BCUT2D eigenvalue weighted by Crippen LogP contribution is -2.68. The van der Waals surface area contributed by atoms with Crippen molar-refractivity contribution in [2.45, 2.75) is 30.9 Å². The minimum Gasteiger partial charge on any atom is -0.381 e. The molecule has 2 aliphatic heterocycles. The van der Waals surface area contributed by atoms with Crippen molar-refractivity contribution >= 4 is 15.7 Å².